The van der Waals surface area contributed by atoms with Crippen molar-refractivity contribution in [2.75, 3.05) is 0 Å². The van der Waals surface area contributed by atoms with Crippen molar-refractivity contribution in [2.24, 2.45) is 5.73 Å². The number of pyridine rings is 1. The van der Waals surface area contributed by atoms with Gasteiger partial charge in [-0.25, -0.2) is 4.98 Å². The van der Waals surface area contributed by atoms with Crippen molar-refractivity contribution in [1.82, 2.24) is 9.38 Å². The Hall–Kier alpha value is -2.53. The fourth-order valence-corrected chi connectivity index (χ4v) is 2.21. The van der Waals surface area contributed by atoms with Gasteiger partial charge in [-0.3, -0.25) is 5.41 Å². The molecule has 0 amide bonds. The SMILES string of the molecule is N=C(N)c1ccc(Cl)cc1OCc1cn2ccccc2n1. The maximum Gasteiger partial charge on any atom is 0.137 e. The molecule has 2 heterocycles. The van der Waals surface area contributed by atoms with Crippen molar-refractivity contribution in [1.29, 1.82) is 5.41 Å². The second-order valence-electron chi connectivity index (χ2n) is 4.54. The molecule has 5 nitrogen and oxygen atoms in total. The molecule has 0 atom stereocenters. The normalized spacial score (nSPS) is 10.7. The fraction of sp³-hybridized carbons (Fsp3) is 0.0667. The zero-order chi connectivity index (χ0) is 14.8. The van der Waals surface area contributed by atoms with Gasteiger partial charge in [0, 0.05) is 17.4 Å². The zero-order valence-electron chi connectivity index (χ0n) is 11.1. The van der Waals surface area contributed by atoms with E-state index in [4.69, 9.17) is 27.5 Å². The van der Waals surface area contributed by atoms with Gasteiger partial charge in [0.05, 0.1) is 11.3 Å². The number of hydrogen-bond acceptors (Lipinski definition) is 3. The third-order valence-electron chi connectivity index (χ3n) is 3.02. The van der Waals surface area contributed by atoms with Gasteiger partial charge in [0.2, 0.25) is 0 Å². The van der Waals surface area contributed by atoms with Crippen LogP contribution in [0.15, 0.2) is 48.8 Å². The molecule has 0 aliphatic rings. The molecule has 3 rings (SSSR count). The van der Waals surface area contributed by atoms with Gasteiger partial charge in [-0.15, -0.1) is 0 Å². The van der Waals surface area contributed by atoms with Crippen LogP contribution in [0.3, 0.4) is 0 Å². The lowest BCUT2D eigenvalue weighted by atomic mass is 10.2. The van der Waals surface area contributed by atoms with Gasteiger partial charge in [-0.05, 0) is 30.3 Å². The molecule has 0 aliphatic heterocycles. The first kappa shape index (κ1) is 13.5. The van der Waals surface area contributed by atoms with Gasteiger partial charge >= 0.3 is 0 Å². The van der Waals surface area contributed by atoms with Crippen LogP contribution in [0.1, 0.15) is 11.3 Å². The number of aromatic nitrogens is 2. The average molecular weight is 301 g/mol. The van der Waals surface area contributed by atoms with Crippen molar-refractivity contribution in [2.45, 2.75) is 6.61 Å². The highest BCUT2D eigenvalue weighted by Crippen LogP contribution is 2.24. The Bertz CT molecular complexity index is 779. The minimum atomic E-state index is -0.0586. The van der Waals surface area contributed by atoms with Gasteiger partial charge in [0.25, 0.3) is 0 Å². The summed E-state index contributed by atoms with van der Waals surface area (Å²) >= 11 is 5.96. The standard InChI is InChI=1S/C15H13ClN4O/c16-10-4-5-12(15(17)18)13(7-10)21-9-11-8-20-6-2-1-3-14(20)19-11/h1-8H,9H2,(H3,17,18). The molecule has 0 spiro atoms. The van der Waals surface area contributed by atoms with E-state index in [0.717, 1.165) is 11.3 Å². The highest BCUT2D eigenvalue weighted by atomic mass is 35.5. The quantitative estimate of drug-likeness (QED) is 0.574. The Morgan fingerprint density at radius 3 is 2.95 bits per heavy atom. The summed E-state index contributed by atoms with van der Waals surface area (Å²) < 4.78 is 7.63. The number of ether oxygens (including phenoxy) is 1. The molecule has 0 saturated heterocycles. The van der Waals surface area contributed by atoms with Gasteiger partial charge in [0.1, 0.15) is 23.8 Å². The molecule has 0 radical (unpaired) electrons. The van der Waals surface area contributed by atoms with Crippen molar-refractivity contribution >= 4 is 23.1 Å². The minimum absolute atomic E-state index is 0.0586. The summed E-state index contributed by atoms with van der Waals surface area (Å²) in [5, 5.41) is 8.08. The molecule has 0 fully saturated rings. The Morgan fingerprint density at radius 2 is 2.19 bits per heavy atom. The molecule has 6 heteroatoms. The topological polar surface area (TPSA) is 76.4 Å². The van der Waals surface area contributed by atoms with Crippen LogP contribution in [-0.2, 0) is 6.61 Å². The van der Waals surface area contributed by atoms with Crippen LogP contribution in [-0.4, -0.2) is 15.2 Å². The van der Waals surface area contributed by atoms with E-state index >= 15 is 0 Å². The predicted molar refractivity (Wildman–Crippen MR) is 82.0 cm³/mol. The maximum absolute atomic E-state index is 7.55. The molecular weight excluding hydrogens is 288 g/mol. The lowest BCUT2D eigenvalue weighted by molar-refractivity contribution is 0.301. The summed E-state index contributed by atoms with van der Waals surface area (Å²) in [5.41, 5.74) is 7.70. The third-order valence-corrected chi connectivity index (χ3v) is 3.26. The molecule has 3 aromatic rings. The van der Waals surface area contributed by atoms with E-state index in [1.807, 2.05) is 35.0 Å². The smallest absolute Gasteiger partial charge is 0.137 e. The number of hydrogen-bond donors (Lipinski definition) is 2. The van der Waals surface area contributed by atoms with Crippen LogP contribution in [0.5, 0.6) is 5.75 Å². The number of halogens is 1. The van der Waals surface area contributed by atoms with Gasteiger partial charge in [0.15, 0.2) is 0 Å². The van der Waals surface area contributed by atoms with E-state index in [0.29, 0.717) is 16.3 Å². The number of imidazole rings is 1. The summed E-state index contributed by atoms with van der Waals surface area (Å²) in [6.45, 7) is 0.280. The number of rotatable bonds is 4. The second-order valence-corrected chi connectivity index (χ2v) is 4.98. The Labute approximate surface area is 126 Å². The molecular formula is C15H13ClN4O. The summed E-state index contributed by atoms with van der Waals surface area (Å²) in [7, 11) is 0. The molecule has 3 N–H and O–H groups in total. The van der Waals surface area contributed by atoms with E-state index < -0.39 is 0 Å². The van der Waals surface area contributed by atoms with Gasteiger partial charge < -0.3 is 14.9 Å². The number of amidine groups is 1. The highest BCUT2D eigenvalue weighted by molar-refractivity contribution is 6.30. The summed E-state index contributed by atoms with van der Waals surface area (Å²) in [4.78, 5) is 4.44. The average Bonchev–Trinajstić information content (AvgIpc) is 2.87. The van der Waals surface area contributed by atoms with E-state index in [-0.39, 0.29) is 12.4 Å². The van der Waals surface area contributed by atoms with Crippen molar-refractivity contribution in [3.05, 3.63) is 65.1 Å². The molecule has 2 aromatic heterocycles. The lowest BCUT2D eigenvalue weighted by Crippen LogP contribution is -2.13. The van der Waals surface area contributed by atoms with Crippen LogP contribution in [0.4, 0.5) is 0 Å². The molecule has 0 unspecified atom stereocenters. The number of nitrogens with two attached hydrogens (primary N) is 1. The molecule has 21 heavy (non-hydrogen) atoms. The van der Waals surface area contributed by atoms with Gasteiger partial charge in [-0.2, -0.15) is 0 Å². The number of fused-ring (bicyclic) bond motifs is 1. The predicted octanol–water partition coefficient (Wildman–Crippen LogP) is 2.85. The minimum Gasteiger partial charge on any atom is -0.486 e. The van der Waals surface area contributed by atoms with Crippen LogP contribution in [0.25, 0.3) is 5.65 Å². The molecule has 0 saturated carbocycles. The lowest BCUT2D eigenvalue weighted by Gasteiger charge is -2.09. The third kappa shape index (κ3) is 2.83. The number of nitrogen functional groups attached to an aromatic ring is 1. The van der Waals surface area contributed by atoms with Crippen LogP contribution in [0.2, 0.25) is 5.02 Å². The molecule has 1 aromatic carbocycles. The van der Waals surface area contributed by atoms with Crippen LogP contribution < -0.4 is 10.5 Å². The number of nitrogens with one attached hydrogen (secondary N) is 1. The summed E-state index contributed by atoms with van der Waals surface area (Å²) in [6.07, 6.45) is 3.82. The van der Waals surface area contributed by atoms with Crippen LogP contribution in [0, 0.1) is 5.41 Å². The number of nitrogens with zero attached hydrogens (tertiary/aromatic N) is 2. The number of benzene rings is 1. The van der Waals surface area contributed by atoms with E-state index in [1.165, 1.54) is 0 Å². The highest BCUT2D eigenvalue weighted by Gasteiger charge is 2.09. The van der Waals surface area contributed by atoms with Crippen molar-refractivity contribution < 1.29 is 4.74 Å². The first-order valence-corrected chi connectivity index (χ1v) is 6.70. The first-order valence-electron chi connectivity index (χ1n) is 6.33. The Morgan fingerprint density at radius 1 is 1.33 bits per heavy atom. The molecule has 106 valence electrons. The molecule has 0 aliphatic carbocycles. The Balaban J connectivity index is 1.84. The van der Waals surface area contributed by atoms with Gasteiger partial charge in [-0.1, -0.05) is 17.7 Å². The van der Waals surface area contributed by atoms with Crippen LogP contribution >= 0.6 is 11.6 Å². The largest absolute Gasteiger partial charge is 0.486 e. The van der Waals surface area contributed by atoms with E-state index in [1.54, 1.807) is 18.2 Å². The second kappa shape index (κ2) is 5.46. The van der Waals surface area contributed by atoms with E-state index in [2.05, 4.69) is 4.98 Å². The first-order chi connectivity index (χ1) is 10.1. The van der Waals surface area contributed by atoms with Crippen molar-refractivity contribution in [3.8, 4) is 5.75 Å². The summed E-state index contributed by atoms with van der Waals surface area (Å²) in [6, 6.07) is 10.8. The van der Waals surface area contributed by atoms with Crippen molar-refractivity contribution in [3.63, 3.8) is 0 Å². The van der Waals surface area contributed by atoms with E-state index in [9.17, 15) is 0 Å². The maximum atomic E-state index is 7.55. The fourth-order valence-electron chi connectivity index (χ4n) is 2.05. The summed E-state index contributed by atoms with van der Waals surface area (Å²) in [5.74, 6) is 0.420. The monoisotopic (exact) mass is 300 g/mol. The Kier molecular flexibility index (Phi) is 3.50. The molecule has 0 bridgehead atoms. The zero-order valence-corrected chi connectivity index (χ0v) is 11.8.